The maximum atomic E-state index is 12.3. The molecular formula is C20H32ClN3O2. The summed E-state index contributed by atoms with van der Waals surface area (Å²) >= 11 is 0. The number of amides is 2. The molecule has 0 aromatic heterocycles. The summed E-state index contributed by atoms with van der Waals surface area (Å²) in [5, 5.41) is 6.09. The standard InChI is InChI=1S/C20H31N3O2.ClH/c1-20(2,3)16-9-7-15(8-10-16)19(25)22-12-11-18(24)23-13-5-6-17(14-23)21-4;/h7-10,17,21H,5-6,11-14H2,1-4H3,(H,22,25);1H. The topological polar surface area (TPSA) is 61.4 Å². The summed E-state index contributed by atoms with van der Waals surface area (Å²) in [6.07, 6.45) is 2.49. The van der Waals surface area contributed by atoms with Gasteiger partial charge >= 0.3 is 0 Å². The first-order chi connectivity index (χ1) is 11.8. The van der Waals surface area contributed by atoms with Gasteiger partial charge in [0.1, 0.15) is 0 Å². The number of carbonyl (C=O) groups is 2. The predicted octanol–water partition coefficient (Wildman–Crippen LogP) is 2.74. The van der Waals surface area contributed by atoms with Crippen molar-refractivity contribution in [2.75, 3.05) is 26.7 Å². The van der Waals surface area contributed by atoms with Gasteiger partial charge in [0.2, 0.25) is 5.91 Å². The number of benzene rings is 1. The summed E-state index contributed by atoms with van der Waals surface area (Å²) in [5.41, 5.74) is 1.90. The van der Waals surface area contributed by atoms with Crippen LogP contribution in [0.1, 0.15) is 56.0 Å². The van der Waals surface area contributed by atoms with Gasteiger partial charge in [-0.25, -0.2) is 0 Å². The van der Waals surface area contributed by atoms with E-state index in [0.717, 1.165) is 25.9 Å². The molecule has 26 heavy (non-hydrogen) atoms. The van der Waals surface area contributed by atoms with Crippen molar-refractivity contribution in [3.63, 3.8) is 0 Å². The molecule has 1 saturated heterocycles. The maximum absolute atomic E-state index is 12.3. The van der Waals surface area contributed by atoms with Crippen molar-refractivity contribution in [3.8, 4) is 0 Å². The molecule has 5 nitrogen and oxygen atoms in total. The monoisotopic (exact) mass is 381 g/mol. The first-order valence-electron chi connectivity index (χ1n) is 9.15. The van der Waals surface area contributed by atoms with Gasteiger partial charge in [-0.2, -0.15) is 0 Å². The van der Waals surface area contributed by atoms with Crippen molar-refractivity contribution < 1.29 is 9.59 Å². The van der Waals surface area contributed by atoms with Gasteiger partial charge in [-0.3, -0.25) is 9.59 Å². The second kappa shape index (κ2) is 9.93. The number of likely N-dealkylation sites (tertiary alicyclic amines) is 1. The van der Waals surface area contributed by atoms with Crippen LogP contribution in [0.4, 0.5) is 0 Å². The summed E-state index contributed by atoms with van der Waals surface area (Å²) in [5.74, 6) is -0.0108. The highest BCUT2D eigenvalue weighted by Gasteiger charge is 2.22. The highest BCUT2D eigenvalue weighted by molar-refractivity contribution is 5.94. The van der Waals surface area contributed by atoms with Gasteiger partial charge in [0.15, 0.2) is 0 Å². The zero-order chi connectivity index (χ0) is 18.4. The van der Waals surface area contributed by atoms with E-state index in [1.165, 1.54) is 5.56 Å². The lowest BCUT2D eigenvalue weighted by Crippen LogP contribution is -2.47. The highest BCUT2D eigenvalue weighted by atomic mass is 35.5. The fourth-order valence-corrected chi connectivity index (χ4v) is 3.10. The molecule has 1 aliphatic rings. The van der Waals surface area contributed by atoms with E-state index in [9.17, 15) is 9.59 Å². The van der Waals surface area contributed by atoms with E-state index in [2.05, 4.69) is 31.4 Å². The number of likely N-dealkylation sites (N-methyl/N-ethyl adjacent to an activating group) is 1. The summed E-state index contributed by atoms with van der Waals surface area (Å²) in [6.45, 7) is 8.39. The number of nitrogens with zero attached hydrogens (tertiary/aromatic N) is 1. The molecule has 1 aliphatic heterocycles. The Kier molecular flexibility index (Phi) is 8.57. The van der Waals surface area contributed by atoms with Crippen LogP contribution in [0.15, 0.2) is 24.3 Å². The van der Waals surface area contributed by atoms with Crippen LogP contribution in [0.3, 0.4) is 0 Å². The third-order valence-corrected chi connectivity index (χ3v) is 4.82. The molecule has 0 spiro atoms. The largest absolute Gasteiger partial charge is 0.352 e. The Hall–Kier alpha value is -1.59. The van der Waals surface area contributed by atoms with E-state index in [-0.39, 0.29) is 29.6 Å². The van der Waals surface area contributed by atoms with Crippen LogP contribution in [0.2, 0.25) is 0 Å². The molecule has 2 amide bonds. The fraction of sp³-hybridized carbons (Fsp3) is 0.600. The average Bonchev–Trinajstić information content (AvgIpc) is 2.61. The molecule has 0 saturated carbocycles. The summed E-state index contributed by atoms with van der Waals surface area (Å²) in [6, 6.07) is 8.06. The zero-order valence-corrected chi connectivity index (χ0v) is 17.1. The molecule has 1 heterocycles. The van der Waals surface area contributed by atoms with Crippen LogP contribution in [-0.2, 0) is 10.2 Å². The fourth-order valence-electron chi connectivity index (χ4n) is 3.10. The van der Waals surface area contributed by atoms with Gasteiger partial charge in [-0.05, 0) is 43.0 Å². The van der Waals surface area contributed by atoms with Gasteiger partial charge in [0.25, 0.3) is 5.91 Å². The molecule has 2 N–H and O–H groups in total. The number of hydrogen-bond donors (Lipinski definition) is 2. The lowest BCUT2D eigenvalue weighted by atomic mass is 9.87. The number of halogens is 1. The van der Waals surface area contributed by atoms with E-state index in [1.807, 2.05) is 36.2 Å². The number of piperidine rings is 1. The van der Waals surface area contributed by atoms with Gasteiger partial charge in [0, 0.05) is 37.7 Å². The molecular weight excluding hydrogens is 350 g/mol. The second-order valence-corrected chi connectivity index (χ2v) is 7.80. The minimum Gasteiger partial charge on any atom is -0.352 e. The van der Waals surface area contributed by atoms with Crippen LogP contribution in [0, 0.1) is 0 Å². The molecule has 1 aromatic carbocycles. The molecule has 1 atom stereocenters. The number of carbonyl (C=O) groups excluding carboxylic acids is 2. The molecule has 146 valence electrons. The van der Waals surface area contributed by atoms with Gasteiger partial charge in [-0.1, -0.05) is 32.9 Å². The predicted molar refractivity (Wildman–Crippen MR) is 108 cm³/mol. The van der Waals surface area contributed by atoms with Crippen molar-refractivity contribution in [2.24, 2.45) is 0 Å². The van der Waals surface area contributed by atoms with E-state index < -0.39 is 0 Å². The number of hydrogen-bond acceptors (Lipinski definition) is 3. The van der Waals surface area contributed by atoms with E-state index in [4.69, 9.17) is 0 Å². The molecule has 1 unspecified atom stereocenters. The van der Waals surface area contributed by atoms with Crippen LogP contribution >= 0.6 is 12.4 Å². The number of rotatable bonds is 5. The molecule has 1 fully saturated rings. The molecule has 1 aromatic rings. The van der Waals surface area contributed by atoms with Crippen LogP contribution < -0.4 is 10.6 Å². The van der Waals surface area contributed by atoms with Crippen LogP contribution in [0.25, 0.3) is 0 Å². The normalized spacial score (nSPS) is 17.4. The van der Waals surface area contributed by atoms with Crippen LogP contribution in [0.5, 0.6) is 0 Å². The van der Waals surface area contributed by atoms with Crippen molar-refractivity contribution in [1.82, 2.24) is 15.5 Å². The summed E-state index contributed by atoms with van der Waals surface area (Å²) in [4.78, 5) is 26.4. The Morgan fingerprint density at radius 3 is 2.42 bits per heavy atom. The SMILES string of the molecule is CNC1CCCN(C(=O)CCNC(=O)c2ccc(C(C)(C)C)cc2)C1.Cl. The first-order valence-corrected chi connectivity index (χ1v) is 9.15. The van der Waals surface area contributed by atoms with Crippen molar-refractivity contribution in [3.05, 3.63) is 35.4 Å². The molecule has 2 rings (SSSR count). The minimum atomic E-state index is -0.125. The quantitative estimate of drug-likeness (QED) is 0.824. The first kappa shape index (κ1) is 22.5. The van der Waals surface area contributed by atoms with Crippen LogP contribution in [-0.4, -0.2) is 49.4 Å². The highest BCUT2D eigenvalue weighted by Crippen LogP contribution is 2.22. The van der Waals surface area contributed by atoms with Crippen molar-refractivity contribution in [1.29, 1.82) is 0 Å². The Bertz CT molecular complexity index is 596. The van der Waals surface area contributed by atoms with Crippen molar-refractivity contribution >= 4 is 24.2 Å². The lowest BCUT2D eigenvalue weighted by molar-refractivity contribution is -0.132. The zero-order valence-electron chi connectivity index (χ0n) is 16.3. The average molecular weight is 382 g/mol. The van der Waals surface area contributed by atoms with E-state index in [1.54, 1.807) is 0 Å². The number of nitrogens with one attached hydrogen (secondary N) is 2. The van der Waals surface area contributed by atoms with E-state index >= 15 is 0 Å². The van der Waals surface area contributed by atoms with E-state index in [0.29, 0.717) is 24.6 Å². The Morgan fingerprint density at radius 2 is 1.85 bits per heavy atom. The van der Waals surface area contributed by atoms with Gasteiger partial charge < -0.3 is 15.5 Å². The lowest BCUT2D eigenvalue weighted by Gasteiger charge is -2.32. The van der Waals surface area contributed by atoms with Gasteiger partial charge in [-0.15, -0.1) is 12.4 Å². The summed E-state index contributed by atoms with van der Waals surface area (Å²) in [7, 11) is 1.93. The maximum Gasteiger partial charge on any atom is 0.251 e. The molecule has 0 bridgehead atoms. The Balaban J connectivity index is 0.00000338. The Morgan fingerprint density at radius 1 is 1.19 bits per heavy atom. The van der Waals surface area contributed by atoms with Gasteiger partial charge in [0.05, 0.1) is 0 Å². The molecule has 0 radical (unpaired) electrons. The third kappa shape index (κ3) is 6.29. The summed E-state index contributed by atoms with van der Waals surface area (Å²) < 4.78 is 0. The molecule has 6 heteroatoms. The third-order valence-electron chi connectivity index (χ3n) is 4.82. The minimum absolute atomic E-state index is 0. The smallest absolute Gasteiger partial charge is 0.251 e. The van der Waals surface area contributed by atoms with Crippen molar-refractivity contribution in [2.45, 2.75) is 51.5 Å². The Labute approximate surface area is 163 Å². The molecule has 0 aliphatic carbocycles. The second-order valence-electron chi connectivity index (χ2n) is 7.80.